The molecule has 2 heterocycles. The third-order valence-electron chi connectivity index (χ3n) is 3.52. The van der Waals surface area contributed by atoms with E-state index < -0.39 is 0 Å². The molecule has 0 fully saturated rings. The number of benzene rings is 1. The van der Waals surface area contributed by atoms with Gasteiger partial charge in [0.25, 0.3) is 0 Å². The Morgan fingerprint density at radius 1 is 1.48 bits per heavy atom. The number of aromatic nitrogens is 2. The summed E-state index contributed by atoms with van der Waals surface area (Å²) in [4.78, 5) is 15.8. The molecule has 0 aliphatic carbocycles. The number of fused-ring (bicyclic) bond motifs is 1. The molecule has 1 aromatic carbocycles. The first-order chi connectivity index (χ1) is 10.2. The fourth-order valence-electron chi connectivity index (χ4n) is 2.51. The highest BCUT2D eigenvalue weighted by Gasteiger charge is 2.19. The minimum atomic E-state index is 0.0108. The number of aryl methyl sites for hydroxylation is 1. The van der Waals surface area contributed by atoms with Crippen LogP contribution in [0, 0.1) is 0 Å². The zero-order chi connectivity index (χ0) is 14.8. The quantitative estimate of drug-likeness (QED) is 0.892. The summed E-state index contributed by atoms with van der Waals surface area (Å²) in [5, 5.41) is 6.70. The molecule has 3 rings (SSSR count). The summed E-state index contributed by atoms with van der Waals surface area (Å²) in [6.07, 6.45) is 5.26. The maximum Gasteiger partial charge on any atom is 0.228 e. The number of halogens is 1. The Kier molecular flexibility index (Phi) is 3.84. The fraction of sp³-hybridized carbons (Fsp3) is 0.333. The van der Waals surface area contributed by atoms with E-state index in [1.165, 1.54) is 0 Å². The number of amides is 1. The monoisotopic (exact) mass is 304 g/mol. The van der Waals surface area contributed by atoms with E-state index in [0.717, 1.165) is 35.7 Å². The highest BCUT2D eigenvalue weighted by atomic mass is 35.5. The Bertz CT molecular complexity index is 680. The van der Waals surface area contributed by atoms with Crippen molar-refractivity contribution >= 4 is 28.9 Å². The molecule has 2 aromatic rings. The van der Waals surface area contributed by atoms with E-state index in [9.17, 15) is 4.79 Å². The summed E-state index contributed by atoms with van der Waals surface area (Å²) < 4.78 is 2.12. The molecule has 1 aliphatic heterocycles. The van der Waals surface area contributed by atoms with Crippen molar-refractivity contribution in [1.82, 2.24) is 9.55 Å². The van der Waals surface area contributed by atoms with Crippen molar-refractivity contribution < 1.29 is 4.79 Å². The Hall–Kier alpha value is -2.01. The van der Waals surface area contributed by atoms with Crippen molar-refractivity contribution in [3.63, 3.8) is 0 Å². The van der Waals surface area contributed by atoms with E-state index in [1.54, 1.807) is 12.3 Å². The minimum absolute atomic E-state index is 0.0108. The van der Waals surface area contributed by atoms with Gasteiger partial charge in [0.05, 0.1) is 23.7 Å². The number of rotatable bonds is 5. The second-order valence-electron chi connectivity index (χ2n) is 5.10. The first kappa shape index (κ1) is 13.9. The average Bonchev–Trinajstić information content (AvgIpc) is 3.02. The van der Waals surface area contributed by atoms with Crippen LogP contribution in [0.1, 0.15) is 24.7 Å². The van der Waals surface area contributed by atoms with Crippen LogP contribution in [-0.2, 0) is 24.3 Å². The number of nitrogens with zero attached hydrogens (tertiary/aromatic N) is 2. The van der Waals surface area contributed by atoms with Crippen molar-refractivity contribution in [3.05, 3.63) is 40.9 Å². The molecule has 1 amide bonds. The molecule has 0 bridgehead atoms. The predicted molar refractivity (Wildman–Crippen MR) is 83.6 cm³/mol. The molecule has 0 spiro atoms. The number of nitrogens with one attached hydrogen (secondary N) is 2. The van der Waals surface area contributed by atoms with E-state index in [1.807, 2.05) is 12.3 Å². The largest absolute Gasteiger partial charge is 0.377 e. The minimum Gasteiger partial charge on any atom is -0.377 e. The number of carbonyl (C=O) groups is 1. The van der Waals surface area contributed by atoms with Gasteiger partial charge in [0, 0.05) is 24.6 Å². The summed E-state index contributed by atoms with van der Waals surface area (Å²) in [7, 11) is 0. The Balaban J connectivity index is 1.75. The first-order valence-electron chi connectivity index (χ1n) is 7.03. The van der Waals surface area contributed by atoms with Crippen molar-refractivity contribution in [2.45, 2.75) is 32.9 Å². The van der Waals surface area contributed by atoms with E-state index in [-0.39, 0.29) is 5.91 Å². The highest BCUT2D eigenvalue weighted by Crippen LogP contribution is 2.32. The van der Waals surface area contributed by atoms with Crippen molar-refractivity contribution in [2.24, 2.45) is 0 Å². The van der Waals surface area contributed by atoms with E-state index in [4.69, 9.17) is 11.6 Å². The van der Waals surface area contributed by atoms with Crippen LogP contribution in [0.2, 0.25) is 5.02 Å². The smallest absolute Gasteiger partial charge is 0.228 e. The fourth-order valence-corrected chi connectivity index (χ4v) is 2.74. The van der Waals surface area contributed by atoms with E-state index in [0.29, 0.717) is 18.0 Å². The Morgan fingerprint density at radius 2 is 2.33 bits per heavy atom. The van der Waals surface area contributed by atoms with Crippen LogP contribution >= 0.6 is 11.6 Å². The number of imidazole rings is 1. The molecule has 0 unspecified atom stereocenters. The van der Waals surface area contributed by atoms with Crippen LogP contribution in [0.4, 0.5) is 11.4 Å². The molecule has 21 heavy (non-hydrogen) atoms. The van der Waals surface area contributed by atoms with Crippen LogP contribution in [0.25, 0.3) is 0 Å². The third kappa shape index (κ3) is 2.88. The summed E-state index contributed by atoms with van der Waals surface area (Å²) in [6.45, 7) is 3.69. The molecule has 0 radical (unpaired) electrons. The lowest BCUT2D eigenvalue weighted by molar-refractivity contribution is -0.115. The van der Waals surface area contributed by atoms with Crippen molar-refractivity contribution in [1.29, 1.82) is 0 Å². The summed E-state index contributed by atoms with van der Waals surface area (Å²) in [5.74, 6) is 0.985. The molecule has 0 saturated heterocycles. The maximum absolute atomic E-state index is 11.4. The van der Waals surface area contributed by atoms with Gasteiger partial charge < -0.3 is 15.2 Å². The van der Waals surface area contributed by atoms with Gasteiger partial charge in [-0.25, -0.2) is 4.98 Å². The lowest BCUT2D eigenvalue weighted by Gasteiger charge is -2.11. The Morgan fingerprint density at radius 3 is 3.14 bits per heavy atom. The molecule has 110 valence electrons. The zero-order valence-electron chi connectivity index (χ0n) is 11.8. The number of hydrogen-bond acceptors (Lipinski definition) is 3. The predicted octanol–water partition coefficient (Wildman–Crippen LogP) is 3.05. The normalized spacial score (nSPS) is 13.1. The first-order valence-corrected chi connectivity index (χ1v) is 7.41. The number of anilines is 2. The van der Waals surface area contributed by atoms with Gasteiger partial charge in [-0.05, 0) is 24.1 Å². The maximum atomic E-state index is 11.4. The SMILES string of the molecule is CCCn1ccnc1CNc1cc2c(cc1Cl)NC(=O)C2. The lowest BCUT2D eigenvalue weighted by Crippen LogP contribution is -2.08. The lowest BCUT2D eigenvalue weighted by atomic mass is 10.1. The van der Waals surface area contributed by atoms with Gasteiger partial charge in [0.2, 0.25) is 5.91 Å². The Labute approximate surface area is 128 Å². The van der Waals surface area contributed by atoms with Crippen LogP contribution < -0.4 is 10.6 Å². The summed E-state index contributed by atoms with van der Waals surface area (Å²) in [5.41, 5.74) is 2.62. The molecular formula is C15H17ClN4O. The number of carbonyl (C=O) groups excluding carboxylic acids is 1. The zero-order valence-corrected chi connectivity index (χ0v) is 12.6. The summed E-state index contributed by atoms with van der Waals surface area (Å²) >= 11 is 6.26. The average molecular weight is 305 g/mol. The molecule has 5 nitrogen and oxygen atoms in total. The highest BCUT2D eigenvalue weighted by molar-refractivity contribution is 6.33. The molecule has 0 atom stereocenters. The van der Waals surface area contributed by atoms with Gasteiger partial charge in [-0.1, -0.05) is 18.5 Å². The second-order valence-corrected chi connectivity index (χ2v) is 5.51. The molecule has 0 saturated carbocycles. The molecule has 2 N–H and O–H groups in total. The standard InChI is InChI=1S/C15H17ClN4O/c1-2-4-20-5-3-17-14(20)9-18-13-6-10-7-15(21)19-12(10)8-11(13)16/h3,5-6,8,18H,2,4,7,9H2,1H3,(H,19,21). The molecule has 1 aliphatic rings. The summed E-state index contributed by atoms with van der Waals surface area (Å²) in [6, 6.07) is 3.73. The van der Waals surface area contributed by atoms with Gasteiger partial charge in [-0.3, -0.25) is 4.79 Å². The van der Waals surface area contributed by atoms with Gasteiger partial charge >= 0.3 is 0 Å². The van der Waals surface area contributed by atoms with Crippen molar-refractivity contribution in [3.8, 4) is 0 Å². The van der Waals surface area contributed by atoms with Gasteiger partial charge in [0.1, 0.15) is 5.82 Å². The van der Waals surface area contributed by atoms with Crippen molar-refractivity contribution in [2.75, 3.05) is 10.6 Å². The number of hydrogen-bond donors (Lipinski definition) is 2. The van der Waals surface area contributed by atoms with Crippen LogP contribution in [0.15, 0.2) is 24.5 Å². The topological polar surface area (TPSA) is 59.0 Å². The van der Waals surface area contributed by atoms with Gasteiger partial charge in [-0.15, -0.1) is 0 Å². The second kappa shape index (κ2) is 5.77. The van der Waals surface area contributed by atoms with E-state index in [2.05, 4.69) is 27.1 Å². The van der Waals surface area contributed by atoms with Gasteiger partial charge in [0.15, 0.2) is 0 Å². The van der Waals surface area contributed by atoms with Crippen LogP contribution in [0.5, 0.6) is 0 Å². The molecule has 1 aromatic heterocycles. The third-order valence-corrected chi connectivity index (χ3v) is 3.83. The van der Waals surface area contributed by atoms with Crippen LogP contribution in [-0.4, -0.2) is 15.5 Å². The van der Waals surface area contributed by atoms with E-state index >= 15 is 0 Å². The molecule has 6 heteroatoms. The molecular weight excluding hydrogens is 288 g/mol. The van der Waals surface area contributed by atoms with Crippen LogP contribution in [0.3, 0.4) is 0 Å². The van der Waals surface area contributed by atoms with Gasteiger partial charge in [-0.2, -0.15) is 0 Å².